The molecule has 1 aliphatic rings. The molecule has 1 aliphatic heterocycles. The zero-order valence-electron chi connectivity index (χ0n) is 39.5. The van der Waals surface area contributed by atoms with Crippen LogP contribution in [0.4, 0.5) is 10.2 Å². The first-order chi connectivity index (χ1) is 32.2. The minimum absolute atomic E-state index is 0.0102. The van der Waals surface area contributed by atoms with Gasteiger partial charge in [0.25, 0.3) is 0 Å². The van der Waals surface area contributed by atoms with Crippen molar-refractivity contribution < 1.29 is 41.8 Å². The number of phosphoric acid groups is 1. The lowest BCUT2D eigenvalue weighted by molar-refractivity contribution is -0.221. The number of aromatic nitrogens is 3. The van der Waals surface area contributed by atoms with Crippen LogP contribution in [0.2, 0.25) is 5.02 Å². The Balaban J connectivity index is 1.26. The summed E-state index contributed by atoms with van der Waals surface area (Å²) in [4.78, 5) is 4.06. The van der Waals surface area contributed by atoms with Crippen LogP contribution in [0.3, 0.4) is 0 Å². The Bertz CT molecular complexity index is 2280. The molecule has 1 unspecified atom stereocenters. The second-order valence-electron chi connectivity index (χ2n) is 18.1. The summed E-state index contributed by atoms with van der Waals surface area (Å²) in [7, 11) is -4.67. The van der Waals surface area contributed by atoms with E-state index in [1.54, 1.807) is 43.3 Å². The number of nitrogen functional groups attached to an aromatic ring is 1. The number of benzene rings is 2. The normalized spacial score (nSPS) is 19.8. The third-order valence-electron chi connectivity index (χ3n) is 12.1. The molecule has 0 amide bonds. The largest absolute Gasteiger partial charge is 0.530 e. The Morgan fingerprint density at radius 1 is 0.955 bits per heavy atom. The van der Waals surface area contributed by atoms with Gasteiger partial charge in [0.1, 0.15) is 42.2 Å². The van der Waals surface area contributed by atoms with Crippen molar-refractivity contribution in [3.8, 4) is 17.9 Å². The Labute approximate surface area is 400 Å². The first-order valence-electron chi connectivity index (χ1n) is 23.9. The van der Waals surface area contributed by atoms with E-state index in [4.69, 9.17) is 45.1 Å². The molecule has 1 saturated heterocycles. The number of phosphoric ester groups is 1. The predicted molar refractivity (Wildman–Crippen MR) is 255 cm³/mol. The lowest BCUT2D eigenvalue weighted by Gasteiger charge is -2.30. The number of rotatable bonds is 31. The standard InChI is InChI=1S/C50H69ClFN6O8P/c1-5-6-7-8-9-10-11-12-13-14-15-16-17-18-19-20-23-41(61-32-39-28-38(31-53)29-40(52)30-39)33-62-67(60,66-45-25-22-21-24-42(45)51)63-35-50(34-54)37(2)46(64-49(3,4)59)47(65-50)43-26-27-44-48(55)56-36-57-58(43)44/h21-22,24-30,36-37,41,46-47,59H,5-20,23,32-33,35H2,1-4H3,(H2,55,56,57)/t37-,41+,46+,47-,50+,67?/m0/s1. The average Bonchev–Trinajstić information content (AvgIpc) is 3.85. The highest BCUT2D eigenvalue weighted by molar-refractivity contribution is 7.49. The van der Waals surface area contributed by atoms with E-state index in [0.717, 1.165) is 31.7 Å². The maximum atomic E-state index is 14.9. The second kappa shape index (κ2) is 26.6. The molecule has 0 aliphatic carbocycles. The van der Waals surface area contributed by atoms with E-state index < -0.39 is 55.9 Å². The predicted octanol–water partition coefficient (Wildman–Crippen LogP) is 12.5. The van der Waals surface area contributed by atoms with Crippen molar-refractivity contribution in [2.24, 2.45) is 5.92 Å². The molecule has 0 radical (unpaired) electrons. The Kier molecular flexibility index (Phi) is 21.3. The van der Waals surface area contributed by atoms with Gasteiger partial charge in [0.05, 0.1) is 47.8 Å². The van der Waals surface area contributed by atoms with E-state index in [0.29, 0.717) is 23.2 Å². The molecule has 67 heavy (non-hydrogen) atoms. The van der Waals surface area contributed by atoms with Gasteiger partial charge >= 0.3 is 7.82 Å². The average molecular weight is 968 g/mol. The van der Waals surface area contributed by atoms with Crippen LogP contribution in [0, 0.1) is 34.4 Å². The Morgan fingerprint density at radius 2 is 1.60 bits per heavy atom. The first-order valence-corrected chi connectivity index (χ1v) is 25.8. The number of hydrogen-bond acceptors (Lipinski definition) is 13. The van der Waals surface area contributed by atoms with Crippen molar-refractivity contribution in [3.63, 3.8) is 0 Å². The fraction of sp³-hybridized carbons (Fsp3) is 0.600. The summed E-state index contributed by atoms with van der Waals surface area (Å²) in [6, 6.07) is 18.0. The SMILES string of the molecule is CCCCCCCCCCCCCCCCCC[C@H](COP(=O)(OC[C@@]1(C#N)O[C@@H](c2ccc3c(N)ncnn23)[C@H](OC(C)(C)O)[C@@H]1C)Oc1ccccc1Cl)OCc1cc(F)cc(C#N)c1. The van der Waals surface area contributed by atoms with Crippen molar-refractivity contribution in [2.75, 3.05) is 18.9 Å². The van der Waals surface area contributed by atoms with E-state index in [-0.39, 0.29) is 35.4 Å². The number of halogens is 2. The van der Waals surface area contributed by atoms with Crippen LogP contribution in [0.25, 0.3) is 5.52 Å². The van der Waals surface area contributed by atoms with Crippen LogP contribution in [0.15, 0.2) is 60.9 Å². The van der Waals surface area contributed by atoms with Crippen molar-refractivity contribution in [2.45, 2.75) is 173 Å². The lowest BCUT2D eigenvalue weighted by atomic mass is 9.87. The van der Waals surface area contributed by atoms with Crippen molar-refractivity contribution >= 4 is 30.8 Å². The second-order valence-corrected chi connectivity index (χ2v) is 20.1. The van der Waals surface area contributed by atoms with Gasteiger partial charge in [0.2, 0.25) is 0 Å². The van der Waals surface area contributed by atoms with Crippen LogP contribution in [0.5, 0.6) is 5.75 Å². The minimum Gasteiger partial charge on any atom is -0.402 e. The molecular weight excluding hydrogens is 898 g/mol. The number of nitrogens with two attached hydrogens (primary N) is 1. The zero-order valence-corrected chi connectivity index (χ0v) is 41.2. The molecule has 3 heterocycles. The van der Waals surface area contributed by atoms with E-state index >= 15 is 0 Å². The van der Waals surface area contributed by atoms with E-state index in [9.17, 15) is 24.6 Å². The van der Waals surface area contributed by atoms with Crippen LogP contribution in [-0.2, 0) is 34.4 Å². The van der Waals surface area contributed by atoms with Gasteiger partial charge < -0.3 is 29.6 Å². The number of fused-ring (bicyclic) bond motifs is 1. The summed E-state index contributed by atoms with van der Waals surface area (Å²) in [6.45, 7) is 5.93. The maximum Gasteiger partial charge on any atom is 0.530 e. The highest BCUT2D eigenvalue weighted by Crippen LogP contribution is 2.54. The summed E-state index contributed by atoms with van der Waals surface area (Å²) in [6.07, 6.45) is 18.8. The molecule has 366 valence electrons. The minimum atomic E-state index is -4.67. The highest BCUT2D eigenvalue weighted by atomic mass is 35.5. The molecule has 14 nitrogen and oxygen atoms in total. The van der Waals surface area contributed by atoms with Crippen molar-refractivity contribution in [1.29, 1.82) is 10.5 Å². The number of nitriles is 2. The number of hydrogen-bond donors (Lipinski definition) is 2. The molecular formula is C50H69ClFN6O8P. The van der Waals surface area contributed by atoms with E-state index in [2.05, 4.69) is 23.1 Å². The van der Waals surface area contributed by atoms with Crippen LogP contribution >= 0.6 is 19.4 Å². The van der Waals surface area contributed by atoms with Gasteiger partial charge in [-0.05, 0) is 68.3 Å². The van der Waals surface area contributed by atoms with Gasteiger partial charge in [-0.2, -0.15) is 15.6 Å². The zero-order chi connectivity index (χ0) is 48.3. The molecule has 2 aromatic carbocycles. The maximum absolute atomic E-state index is 14.9. The fourth-order valence-electron chi connectivity index (χ4n) is 8.39. The van der Waals surface area contributed by atoms with E-state index in [1.165, 1.54) is 114 Å². The highest BCUT2D eigenvalue weighted by Gasteiger charge is 2.57. The number of para-hydroxylation sites is 1. The van der Waals surface area contributed by atoms with Crippen LogP contribution in [-0.4, -0.2) is 56.5 Å². The molecule has 0 spiro atoms. The number of aliphatic hydroxyl groups is 1. The molecule has 3 N–H and O–H groups in total. The third kappa shape index (κ3) is 16.5. The summed E-state index contributed by atoms with van der Waals surface area (Å²) in [5.41, 5.74) is 5.86. The first kappa shape index (κ1) is 53.8. The Hall–Kier alpha value is -4.15. The summed E-state index contributed by atoms with van der Waals surface area (Å²) in [5.74, 6) is -2.79. The van der Waals surface area contributed by atoms with Gasteiger partial charge in [-0.1, -0.05) is 140 Å². The van der Waals surface area contributed by atoms with Gasteiger partial charge in [0, 0.05) is 5.92 Å². The topological polar surface area (TPSA) is 196 Å². The van der Waals surface area contributed by atoms with Gasteiger partial charge in [-0.25, -0.2) is 18.5 Å². The fourth-order valence-corrected chi connectivity index (χ4v) is 9.90. The van der Waals surface area contributed by atoms with Crippen molar-refractivity contribution in [3.05, 3.63) is 88.6 Å². The smallest absolute Gasteiger partial charge is 0.402 e. The van der Waals surface area contributed by atoms with Crippen LogP contribution in [0.1, 0.15) is 160 Å². The van der Waals surface area contributed by atoms with Gasteiger partial charge in [0.15, 0.2) is 17.2 Å². The van der Waals surface area contributed by atoms with Crippen LogP contribution < -0.4 is 10.3 Å². The molecule has 6 atom stereocenters. The monoisotopic (exact) mass is 966 g/mol. The molecule has 1 fully saturated rings. The lowest BCUT2D eigenvalue weighted by Crippen LogP contribution is -2.42. The van der Waals surface area contributed by atoms with E-state index in [1.807, 2.05) is 6.07 Å². The van der Waals surface area contributed by atoms with Gasteiger partial charge in [-0.3, -0.25) is 9.05 Å². The molecule has 17 heteroatoms. The number of anilines is 1. The molecule has 4 aromatic rings. The third-order valence-corrected chi connectivity index (χ3v) is 13.8. The summed E-state index contributed by atoms with van der Waals surface area (Å²) in [5, 5.41) is 35.6. The van der Waals surface area contributed by atoms with Gasteiger partial charge in [-0.15, -0.1) is 0 Å². The molecule has 2 aromatic heterocycles. The quantitative estimate of drug-likeness (QED) is 0.0275. The molecule has 5 rings (SSSR count). The number of ether oxygens (including phenoxy) is 3. The molecule has 0 saturated carbocycles. The molecule has 0 bridgehead atoms. The number of nitrogens with zero attached hydrogens (tertiary/aromatic N) is 5. The number of unbranched alkanes of at least 4 members (excludes halogenated alkanes) is 15. The Morgan fingerprint density at radius 3 is 2.21 bits per heavy atom. The summed E-state index contributed by atoms with van der Waals surface area (Å²) >= 11 is 6.48. The van der Waals surface area contributed by atoms with Crippen molar-refractivity contribution in [1.82, 2.24) is 14.6 Å². The summed E-state index contributed by atoms with van der Waals surface area (Å²) < 4.78 is 67.9.